The third-order valence-electron chi connectivity index (χ3n) is 5.16. The van der Waals surface area contributed by atoms with E-state index in [1.807, 2.05) is 38.1 Å². The number of pyridine rings is 1. The van der Waals surface area contributed by atoms with Crippen LogP contribution in [-0.2, 0) is 6.54 Å². The quantitative estimate of drug-likeness (QED) is 0.632. The molecular weight excluding hydrogens is 394 g/mol. The Morgan fingerprint density at radius 3 is 2.35 bits per heavy atom. The van der Waals surface area contributed by atoms with Gasteiger partial charge in [0.1, 0.15) is 16.9 Å². The summed E-state index contributed by atoms with van der Waals surface area (Å²) in [5.74, 6) is 0.285. The number of carbonyl (C=O) groups excluding carboxylic acids is 2. The van der Waals surface area contributed by atoms with Crippen LogP contribution in [0, 0.1) is 5.92 Å². The number of carbonyl (C=O) groups is 2. The largest absolute Gasteiger partial charge is 0.496 e. The highest BCUT2D eigenvalue weighted by atomic mass is 16.5. The van der Waals surface area contributed by atoms with Crippen LogP contribution in [0.2, 0.25) is 0 Å². The Kier molecular flexibility index (Phi) is 8.85. The molecule has 0 bridgehead atoms. The van der Waals surface area contributed by atoms with Gasteiger partial charge in [-0.3, -0.25) is 14.4 Å². The summed E-state index contributed by atoms with van der Waals surface area (Å²) >= 11 is 0. The number of hydrogen-bond donors (Lipinski definition) is 1. The predicted octanol–water partition coefficient (Wildman–Crippen LogP) is 3.16. The van der Waals surface area contributed by atoms with Gasteiger partial charge in [-0.1, -0.05) is 32.0 Å². The average molecular weight is 428 g/mol. The molecule has 2 amide bonds. The lowest BCUT2D eigenvalue weighted by Crippen LogP contribution is -2.38. The molecule has 0 spiro atoms. The van der Waals surface area contributed by atoms with Gasteiger partial charge >= 0.3 is 0 Å². The molecule has 2 rings (SSSR count). The molecular formula is C24H33N3O4. The lowest BCUT2D eigenvalue weighted by molar-refractivity contribution is 0.0770. The zero-order chi connectivity index (χ0) is 23.0. The van der Waals surface area contributed by atoms with Crippen molar-refractivity contribution in [2.75, 3.05) is 26.7 Å². The number of ether oxygens (including phenoxy) is 1. The van der Waals surface area contributed by atoms with E-state index in [-0.39, 0.29) is 17.0 Å². The minimum Gasteiger partial charge on any atom is -0.496 e. The molecule has 1 N–H and O–H groups in total. The van der Waals surface area contributed by atoms with Crippen molar-refractivity contribution in [3.05, 3.63) is 63.6 Å². The van der Waals surface area contributed by atoms with Crippen LogP contribution in [0.25, 0.3) is 0 Å². The minimum atomic E-state index is -0.546. The van der Waals surface area contributed by atoms with Crippen LogP contribution in [0.4, 0.5) is 0 Å². The Morgan fingerprint density at radius 1 is 1.10 bits per heavy atom. The number of nitrogens with one attached hydrogen (secondary N) is 1. The maximum absolute atomic E-state index is 13.1. The number of methoxy groups -OCH3 is 1. The van der Waals surface area contributed by atoms with E-state index in [9.17, 15) is 14.4 Å². The van der Waals surface area contributed by atoms with Crippen molar-refractivity contribution in [3.8, 4) is 5.75 Å². The number of hydrogen-bond acceptors (Lipinski definition) is 4. The van der Waals surface area contributed by atoms with Crippen molar-refractivity contribution in [1.29, 1.82) is 0 Å². The van der Waals surface area contributed by atoms with Gasteiger partial charge in [-0.2, -0.15) is 0 Å². The van der Waals surface area contributed by atoms with Crippen LogP contribution in [0.5, 0.6) is 5.75 Å². The first-order valence-electron chi connectivity index (χ1n) is 10.8. The summed E-state index contributed by atoms with van der Waals surface area (Å²) in [6.45, 7) is 9.63. The smallest absolute Gasteiger partial charge is 0.259 e. The number of aromatic nitrogens is 1. The van der Waals surface area contributed by atoms with E-state index in [1.165, 1.54) is 12.4 Å². The van der Waals surface area contributed by atoms with Gasteiger partial charge in [-0.05, 0) is 32.3 Å². The summed E-state index contributed by atoms with van der Waals surface area (Å²) in [6, 6.07) is 7.52. The Labute approximate surface area is 184 Å². The Hall–Kier alpha value is -3.09. The molecule has 0 saturated heterocycles. The summed E-state index contributed by atoms with van der Waals surface area (Å²) in [7, 11) is 1.59. The highest BCUT2D eigenvalue weighted by Gasteiger charge is 2.22. The number of rotatable bonds is 10. The maximum atomic E-state index is 13.1. The van der Waals surface area contributed by atoms with Crippen LogP contribution < -0.4 is 15.5 Å². The van der Waals surface area contributed by atoms with Crippen molar-refractivity contribution in [2.45, 2.75) is 40.7 Å². The zero-order valence-electron chi connectivity index (χ0n) is 19.1. The Balaban J connectivity index is 2.49. The topological polar surface area (TPSA) is 80.6 Å². The lowest BCUT2D eigenvalue weighted by atomic mass is 10.1. The fraction of sp³-hybridized carbons (Fsp3) is 0.458. The second-order valence-electron chi connectivity index (χ2n) is 7.81. The van der Waals surface area contributed by atoms with Crippen LogP contribution in [0.1, 0.15) is 60.4 Å². The van der Waals surface area contributed by atoms with E-state index >= 15 is 0 Å². The van der Waals surface area contributed by atoms with Crippen LogP contribution in [0.15, 0.2) is 41.5 Å². The first kappa shape index (κ1) is 24.2. The lowest BCUT2D eigenvalue weighted by Gasteiger charge is -2.20. The van der Waals surface area contributed by atoms with E-state index < -0.39 is 11.3 Å². The van der Waals surface area contributed by atoms with E-state index in [0.29, 0.717) is 37.8 Å². The second kappa shape index (κ2) is 11.3. The van der Waals surface area contributed by atoms with E-state index in [4.69, 9.17) is 4.74 Å². The highest BCUT2D eigenvalue weighted by Crippen LogP contribution is 2.19. The SMILES string of the molecule is CCN(CC)C(=O)c1cn(Cc2ccccc2OC)cc(C(=O)NCCC(C)C)c1=O. The summed E-state index contributed by atoms with van der Waals surface area (Å²) in [5, 5.41) is 2.81. The third-order valence-corrected chi connectivity index (χ3v) is 5.16. The number of nitrogens with zero attached hydrogens (tertiary/aromatic N) is 2. The molecule has 0 aliphatic rings. The van der Waals surface area contributed by atoms with E-state index in [0.717, 1.165) is 12.0 Å². The molecule has 1 aromatic carbocycles. The Morgan fingerprint density at radius 2 is 1.74 bits per heavy atom. The van der Waals surface area contributed by atoms with Gasteiger partial charge in [-0.25, -0.2) is 0 Å². The van der Waals surface area contributed by atoms with Gasteiger partial charge in [0, 0.05) is 37.6 Å². The first-order chi connectivity index (χ1) is 14.8. The molecule has 0 saturated carbocycles. The number of benzene rings is 1. The van der Waals surface area contributed by atoms with E-state index in [1.54, 1.807) is 16.6 Å². The summed E-state index contributed by atoms with van der Waals surface area (Å²) in [6.07, 6.45) is 3.85. The van der Waals surface area contributed by atoms with Crippen molar-refractivity contribution in [3.63, 3.8) is 0 Å². The molecule has 0 unspecified atom stereocenters. The molecule has 0 aliphatic heterocycles. The van der Waals surface area contributed by atoms with Crippen molar-refractivity contribution in [1.82, 2.24) is 14.8 Å². The van der Waals surface area contributed by atoms with Crippen molar-refractivity contribution in [2.24, 2.45) is 5.92 Å². The summed E-state index contributed by atoms with van der Waals surface area (Å²) < 4.78 is 7.12. The van der Waals surface area contributed by atoms with Crippen molar-refractivity contribution < 1.29 is 14.3 Å². The molecule has 1 aromatic heterocycles. The van der Waals surface area contributed by atoms with Gasteiger partial charge in [-0.15, -0.1) is 0 Å². The van der Waals surface area contributed by atoms with Gasteiger partial charge in [0.05, 0.1) is 13.7 Å². The van der Waals surface area contributed by atoms with Gasteiger partial charge in [0.25, 0.3) is 11.8 Å². The van der Waals surface area contributed by atoms with Crippen LogP contribution in [0.3, 0.4) is 0 Å². The first-order valence-corrected chi connectivity index (χ1v) is 10.8. The molecule has 7 nitrogen and oxygen atoms in total. The average Bonchev–Trinajstić information content (AvgIpc) is 2.75. The molecule has 0 atom stereocenters. The van der Waals surface area contributed by atoms with Gasteiger partial charge in [0.2, 0.25) is 5.43 Å². The molecule has 1 heterocycles. The maximum Gasteiger partial charge on any atom is 0.259 e. The Bertz CT molecular complexity index is 962. The van der Waals surface area contributed by atoms with Gasteiger partial charge in [0.15, 0.2) is 0 Å². The fourth-order valence-electron chi connectivity index (χ4n) is 3.32. The monoisotopic (exact) mass is 427 g/mol. The molecule has 0 aliphatic carbocycles. The van der Waals surface area contributed by atoms with Crippen molar-refractivity contribution >= 4 is 11.8 Å². The number of para-hydroxylation sites is 1. The summed E-state index contributed by atoms with van der Waals surface area (Å²) in [4.78, 5) is 40.4. The number of amides is 2. The highest BCUT2D eigenvalue weighted by molar-refractivity contribution is 5.99. The molecule has 0 radical (unpaired) electrons. The third kappa shape index (κ3) is 6.20. The van der Waals surface area contributed by atoms with Crippen LogP contribution in [-0.4, -0.2) is 48.0 Å². The molecule has 2 aromatic rings. The van der Waals surface area contributed by atoms with E-state index in [2.05, 4.69) is 19.2 Å². The molecule has 168 valence electrons. The van der Waals surface area contributed by atoms with Crippen LogP contribution >= 0.6 is 0 Å². The summed E-state index contributed by atoms with van der Waals surface area (Å²) in [5.41, 5.74) is 0.294. The zero-order valence-corrected chi connectivity index (χ0v) is 19.1. The molecule has 31 heavy (non-hydrogen) atoms. The molecule has 0 fully saturated rings. The van der Waals surface area contributed by atoms with Gasteiger partial charge < -0.3 is 19.5 Å². The molecule has 7 heteroatoms. The predicted molar refractivity (Wildman–Crippen MR) is 122 cm³/mol. The normalized spacial score (nSPS) is 10.8. The second-order valence-corrected chi connectivity index (χ2v) is 7.81. The minimum absolute atomic E-state index is 0.00453. The standard InChI is InChI=1S/C24H33N3O4/c1-6-27(7-2)24(30)20-16-26(14-18-10-8-9-11-21(18)31-5)15-19(22(20)28)23(29)25-13-12-17(3)4/h8-11,15-17H,6-7,12-14H2,1-5H3,(H,25,29). The fourth-order valence-corrected chi connectivity index (χ4v) is 3.32.